The number of rotatable bonds is 3. The first kappa shape index (κ1) is 14.0. The van der Waals surface area contributed by atoms with E-state index in [4.69, 9.17) is 0 Å². The van der Waals surface area contributed by atoms with Gasteiger partial charge in [0.25, 0.3) is 0 Å². The molecule has 1 saturated heterocycles. The van der Waals surface area contributed by atoms with Gasteiger partial charge in [0.05, 0.1) is 0 Å². The van der Waals surface area contributed by atoms with Crippen LogP contribution in [0.4, 0.5) is 0 Å². The third-order valence-electron chi connectivity index (χ3n) is 3.67. The van der Waals surface area contributed by atoms with Gasteiger partial charge in [0.1, 0.15) is 0 Å². The Morgan fingerprint density at radius 1 is 1.37 bits per heavy atom. The van der Waals surface area contributed by atoms with Crippen LogP contribution in [0.25, 0.3) is 0 Å². The molecule has 1 N–H and O–H groups in total. The van der Waals surface area contributed by atoms with Crippen LogP contribution in [0.5, 0.6) is 0 Å². The Morgan fingerprint density at radius 3 is 2.53 bits per heavy atom. The summed E-state index contributed by atoms with van der Waals surface area (Å²) >= 11 is 0. The Kier molecular flexibility index (Phi) is 4.53. The summed E-state index contributed by atoms with van der Waals surface area (Å²) in [5.74, 6) is 0.500. The highest BCUT2D eigenvalue weighted by atomic mass is 16.2. The van der Waals surface area contributed by atoms with Gasteiger partial charge in [-0.05, 0) is 37.5 Å². The van der Waals surface area contributed by atoms with Gasteiger partial charge in [0.2, 0.25) is 5.91 Å². The summed E-state index contributed by atoms with van der Waals surface area (Å²) < 4.78 is 0. The lowest BCUT2D eigenvalue weighted by molar-refractivity contribution is -0.133. The van der Waals surface area contributed by atoms with Crippen LogP contribution in [0.3, 0.4) is 0 Å². The molecule has 0 aliphatic carbocycles. The number of aromatic nitrogens is 1. The molecular formula is C15H23N3O. The molecule has 0 saturated carbocycles. The molecule has 2 heterocycles. The van der Waals surface area contributed by atoms with Crippen molar-refractivity contribution in [1.82, 2.24) is 15.2 Å². The van der Waals surface area contributed by atoms with Crippen molar-refractivity contribution in [1.29, 1.82) is 0 Å². The van der Waals surface area contributed by atoms with Crippen LogP contribution in [-0.2, 0) is 4.79 Å². The predicted octanol–water partition coefficient (Wildman–Crippen LogP) is 1.78. The first-order valence-electron chi connectivity index (χ1n) is 7.00. The largest absolute Gasteiger partial charge is 0.340 e. The van der Waals surface area contributed by atoms with E-state index in [9.17, 15) is 4.79 Å². The van der Waals surface area contributed by atoms with Crippen LogP contribution in [0, 0.1) is 0 Å². The molecule has 1 aliphatic rings. The van der Waals surface area contributed by atoms with Crippen molar-refractivity contribution < 1.29 is 4.79 Å². The van der Waals surface area contributed by atoms with Crippen molar-refractivity contribution in [2.45, 2.75) is 45.2 Å². The smallest absolute Gasteiger partial charge is 0.223 e. The minimum atomic E-state index is 0.246. The molecule has 0 spiro atoms. The highest BCUT2D eigenvalue weighted by molar-refractivity contribution is 5.77. The molecule has 2 rings (SSSR count). The van der Waals surface area contributed by atoms with E-state index in [2.05, 4.69) is 31.1 Å². The SMILES string of the molecule is C[C@@H]1CN(C(=O)C[C@H](C)c2ccncc2)C[C@H](C)N1. The summed E-state index contributed by atoms with van der Waals surface area (Å²) in [6.07, 6.45) is 4.14. The lowest BCUT2D eigenvalue weighted by Gasteiger charge is -2.36. The first-order valence-corrected chi connectivity index (χ1v) is 7.00. The Morgan fingerprint density at radius 2 is 1.95 bits per heavy atom. The van der Waals surface area contributed by atoms with Gasteiger partial charge in [-0.1, -0.05) is 6.92 Å². The van der Waals surface area contributed by atoms with Crippen molar-refractivity contribution in [3.05, 3.63) is 30.1 Å². The highest BCUT2D eigenvalue weighted by Crippen LogP contribution is 2.19. The van der Waals surface area contributed by atoms with Crippen molar-refractivity contribution >= 4 is 5.91 Å². The van der Waals surface area contributed by atoms with E-state index in [1.807, 2.05) is 17.0 Å². The minimum absolute atomic E-state index is 0.246. The van der Waals surface area contributed by atoms with Gasteiger partial charge in [0.15, 0.2) is 0 Å². The van der Waals surface area contributed by atoms with Gasteiger partial charge in [-0.15, -0.1) is 0 Å². The van der Waals surface area contributed by atoms with Crippen molar-refractivity contribution in [2.24, 2.45) is 0 Å². The fourth-order valence-corrected chi connectivity index (χ4v) is 2.73. The molecule has 1 aromatic heterocycles. The molecule has 0 radical (unpaired) electrons. The molecule has 3 atom stereocenters. The van der Waals surface area contributed by atoms with E-state index in [1.54, 1.807) is 12.4 Å². The Hall–Kier alpha value is -1.42. The first-order chi connectivity index (χ1) is 9.06. The molecule has 4 nitrogen and oxygen atoms in total. The summed E-state index contributed by atoms with van der Waals surface area (Å²) in [6.45, 7) is 7.98. The van der Waals surface area contributed by atoms with Crippen LogP contribution in [-0.4, -0.2) is 41.0 Å². The summed E-state index contributed by atoms with van der Waals surface area (Å²) in [4.78, 5) is 18.4. The average molecular weight is 261 g/mol. The zero-order chi connectivity index (χ0) is 13.8. The number of piperazine rings is 1. The van der Waals surface area contributed by atoms with E-state index in [1.165, 1.54) is 5.56 Å². The fourth-order valence-electron chi connectivity index (χ4n) is 2.73. The molecule has 1 aliphatic heterocycles. The lowest BCUT2D eigenvalue weighted by atomic mass is 9.98. The molecule has 0 bridgehead atoms. The number of pyridine rings is 1. The Labute approximate surface area is 115 Å². The second-order valence-electron chi connectivity index (χ2n) is 5.65. The van der Waals surface area contributed by atoms with Gasteiger partial charge < -0.3 is 10.2 Å². The average Bonchev–Trinajstić information content (AvgIpc) is 2.38. The van der Waals surface area contributed by atoms with Crippen LogP contribution in [0.1, 0.15) is 38.7 Å². The van der Waals surface area contributed by atoms with Crippen LogP contribution >= 0.6 is 0 Å². The number of carbonyl (C=O) groups is 1. The Bertz CT molecular complexity index is 411. The molecule has 1 aromatic rings. The molecule has 104 valence electrons. The summed E-state index contributed by atoms with van der Waals surface area (Å²) in [6, 6.07) is 4.73. The normalized spacial score (nSPS) is 25.1. The number of nitrogens with one attached hydrogen (secondary N) is 1. The standard InChI is InChI=1S/C15H23N3O/c1-11(14-4-6-16-7-5-14)8-15(19)18-9-12(2)17-13(3)10-18/h4-7,11-13,17H,8-10H2,1-3H3/t11-,12-,13+/m0/s1. The Balaban J connectivity index is 1.93. The molecule has 1 fully saturated rings. The van der Waals surface area contributed by atoms with Crippen LogP contribution in [0.15, 0.2) is 24.5 Å². The van der Waals surface area contributed by atoms with E-state index in [0.29, 0.717) is 18.5 Å². The van der Waals surface area contributed by atoms with Crippen LogP contribution in [0.2, 0.25) is 0 Å². The summed E-state index contributed by atoms with van der Waals surface area (Å²) in [5.41, 5.74) is 1.18. The van der Waals surface area contributed by atoms with E-state index in [-0.39, 0.29) is 11.8 Å². The van der Waals surface area contributed by atoms with Gasteiger partial charge in [-0.3, -0.25) is 9.78 Å². The maximum Gasteiger partial charge on any atom is 0.223 e. The highest BCUT2D eigenvalue weighted by Gasteiger charge is 2.25. The summed E-state index contributed by atoms with van der Waals surface area (Å²) in [5, 5.41) is 3.45. The molecule has 1 amide bonds. The third-order valence-corrected chi connectivity index (χ3v) is 3.67. The number of carbonyl (C=O) groups excluding carboxylic acids is 1. The quantitative estimate of drug-likeness (QED) is 0.902. The molecule has 19 heavy (non-hydrogen) atoms. The van der Waals surface area contributed by atoms with E-state index in [0.717, 1.165) is 13.1 Å². The van der Waals surface area contributed by atoms with E-state index < -0.39 is 0 Å². The number of nitrogens with zero attached hydrogens (tertiary/aromatic N) is 2. The lowest BCUT2D eigenvalue weighted by Crippen LogP contribution is -2.55. The molecule has 0 unspecified atom stereocenters. The number of hydrogen-bond donors (Lipinski definition) is 1. The van der Waals surface area contributed by atoms with Gasteiger partial charge >= 0.3 is 0 Å². The minimum Gasteiger partial charge on any atom is -0.340 e. The van der Waals surface area contributed by atoms with E-state index >= 15 is 0 Å². The predicted molar refractivity (Wildman–Crippen MR) is 75.9 cm³/mol. The van der Waals surface area contributed by atoms with Crippen molar-refractivity contribution in [3.63, 3.8) is 0 Å². The maximum absolute atomic E-state index is 12.4. The topological polar surface area (TPSA) is 45.2 Å². The van der Waals surface area contributed by atoms with Gasteiger partial charge in [-0.25, -0.2) is 0 Å². The maximum atomic E-state index is 12.4. The van der Waals surface area contributed by atoms with Crippen LogP contribution < -0.4 is 5.32 Å². The third kappa shape index (κ3) is 3.77. The molecule has 4 heteroatoms. The monoisotopic (exact) mass is 261 g/mol. The molecule has 0 aromatic carbocycles. The zero-order valence-electron chi connectivity index (χ0n) is 12.0. The number of hydrogen-bond acceptors (Lipinski definition) is 3. The summed E-state index contributed by atoms with van der Waals surface area (Å²) in [7, 11) is 0. The van der Waals surface area contributed by atoms with Gasteiger partial charge in [-0.2, -0.15) is 0 Å². The zero-order valence-corrected chi connectivity index (χ0v) is 12.0. The van der Waals surface area contributed by atoms with Crippen molar-refractivity contribution in [2.75, 3.05) is 13.1 Å². The second kappa shape index (κ2) is 6.15. The number of amides is 1. The fraction of sp³-hybridized carbons (Fsp3) is 0.600. The second-order valence-corrected chi connectivity index (χ2v) is 5.65. The molecular weight excluding hydrogens is 238 g/mol. The van der Waals surface area contributed by atoms with Gasteiger partial charge in [0, 0.05) is 44.0 Å². The van der Waals surface area contributed by atoms with Crippen molar-refractivity contribution in [3.8, 4) is 0 Å².